The van der Waals surface area contributed by atoms with Crippen molar-refractivity contribution in [2.24, 2.45) is 0 Å². The van der Waals surface area contributed by atoms with E-state index in [4.69, 9.17) is 8.83 Å². The Balaban J connectivity index is 2.07. The Bertz CT molecular complexity index is 632. The van der Waals surface area contributed by atoms with Gasteiger partial charge in [-0.25, -0.2) is 0 Å². The summed E-state index contributed by atoms with van der Waals surface area (Å²) in [6.45, 7) is 12.3. The predicted octanol–water partition coefficient (Wildman–Crippen LogP) is 6.14. The number of Topliss-reactive ketones (excluding diaryl/α,β-unsaturated/α-hetero) is 1. The molecule has 132 valence electrons. The van der Waals surface area contributed by atoms with E-state index in [0.29, 0.717) is 12.8 Å². The number of hydrogen-bond donors (Lipinski definition) is 0. The summed E-state index contributed by atoms with van der Waals surface area (Å²) < 4.78 is 11.7. The van der Waals surface area contributed by atoms with Crippen LogP contribution >= 0.6 is 0 Å². The van der Waals surface area contributed by atoms with E-state index >= 15 is 0 Å². The molecule has 2 heterocycles. The number of aryl methyl sites for hydroxylation is 4. The summed E-state index contributed by atoms with van der Waals surface area (Å²) in [5.41, 5.74) is 2.30. The molecule has 0 saturated heterocycles. The Morgan fingerprint density at radius 2 is 1.21 bits per heavy atom. The first-order valence-electron chi connectivity index (χ1n) is 9.01. The molecule has 24 heavy (non-hydrogen) atoms. The Morgan fingerprint density at radius 1 is 0.833 bits per heavy atom. The van der Waals surface area contributed by atoms with E-state index < -0.39 is 0 Å². The van der Waals surface area contributed by atoms with Crippen LogP contribution in [0.4, 0.5) is 0 Å². The van der Waals surface area contributed by atoms with Gasteiger partial charge in [-0.1, -0.05) is 13.8 Å². The van der Waals surface area contributed by atoms with Gasteiger partial charge in [-0.3, -0.25) is 4.79 Å². The smallest absolute Gasteiger partial charge is 0.134 e. The molecular weight excluding hydrogens is 300 g/mol. The molecule has 2 rings (SSSR count). The van der Waals surface area contributed by atoms with Crippen molar-refractivity contribution in [1.82, 2.24) is 0 Å². The number of ketones is 1. The van der Waals surface area contributed by atoms with Crippen LogP contribution in [0.1, 0.15) is 85.5 Å². The van der Waals surface area contributed by atoms with Gasteiger partial charge < -0.3 is 8.83 Å². The number of carbonyl (C=O) groups is 1. The molecule has 0 saturated carbocycles. The molecule has 2 unspecified atom stereocenters. The van der Waals surface area contributed by atoms with Crippen LogP contribution in [0.3, 0.4) is 0 Å². The van der Waals surface area contributed by atoms with E-state index in [-0.39, 0.29) is 17.6 Å². The molecule has 0 fully saturated rings. The minimum Gasteiger partial charge on any atom is -0.466 e. The maximum atomic E-state index is 12.7. The monoisotopic (exact) mass is 330 g/mol. The highest BCUT2D eigenvalue weighted by Crippen LogP contribution is 2.33. The van der Waals surface area contributed by atoms with Crippen LogP contribution in [-0.4, -0.2) is 5.78 Å². The molecule has 0 radical (unpaired) electrons. The van der Waals surface area contributed by atoms with Crippen molar-refractivity contribution in [2.75, 3.05) is 0 Å². The number of carbonyl (C=O) groups excluding carboxylic acids is 1. The van der Waals surface area contributed by atoms with E-state index in [2.05, 4.69) is 27.7 Å². The summed E-state index contributed by atoms with van der Waals surface area (Å²) in [4.78, 5) is 12.7. The molecule has 3 nitrogen and oxygen atoms in total. The fourth-order valence-corrected chi connectivity index (χ4v) is 3.61. The molecular formula is C21H30O3. The van der Waals surface area contributed by atoms with Crippen LogP contribution in [-0.2, 0) is 4.79 Å². The Labute approximate surface area is 145 Å². The second-order valence-corrected chi connectivity index (χ2v) is 6.97. The van der Waals surface area contributed by atoms with Crippen LogP contribution in [0.25, 0.3) is 0 Å². The van der Waals surface area contributed by atoms with E-state index in [1.807, 2.05) is 26.0 Å². The third-order valence-electron chi connectivity index (χ3n) is 4.83. The predicted molar refractivity (Wildman–Crippen MR) is 96.7 cm³/mol. The summed E-state index contributed by atoms with van der Waals surface area (Å²) in [5, 5.41) is 0. The lowest BCUT2D eigenvalue weighted by Crippen LogP contribution is -2.11. The highest BCUT2D eigenvalue weighted by atomic mass is 16.3. The zero-order valence-electron chi connectivity index (χ0n) is 15.9. The molecule has 3 heteroatoms. The average molecular weight is 330 g/mol. The van der Waals surface area contributed by atoms with Gasteiger partial charge in [0.15, 0.2) is 0 Å². The quantitative estimate of drug-likeness (QED) is 0.583. The Morgan fingerprint density at radius 3 is 1.46 bits per heavy atom. The van der Waals surface area contributed by atoms with Crippen LogP contribution < -0.4 is 0 Å². The number of furan rings is 2. The maximum absolute atomic E-state index is 12.7. The molecule has 0 aliphatic rings. The van der Waals surface area contributed by atoms with E-state index in [0.717, 1.165) is 47.0 Å². The summed E-state index contributed by atoms with van der Waals surface area (Å²) in [6.07, 6.45) is 2.91. The van der Waals surface area contributed by atoms with Gasteiger partial charge in [0, 0.05) is 24.7 Å². The topological polar surface area (TPSA) is 43.4 Å². The van der Waals surface area contributed by atoms with Gasteiger partial charge in [-0.05, 0) is 63.8 Å². The molecule has 0 N–H and O–H groups in total. The highest BCUT2D eigenvalue weighted by Gasteiger charge is 2.24. The van der Waals surface area contributed by atoms with Crippen molar-refractivity contribution in [2.45, 2.75) is 79.1 Å². The second kappa shape index (κ2) is 7.87. The van der Waals surface area contributed by atoms with Crippen molar-refractivity contribution in [3.63, 3.8) is 0 Å². The van der Waals surface area contributed by atoms with Crippen molar-refractivity contribution in [3.8, 4) is 0 Å². The number of rotatable bonds is 8. The molecule has 0 spiro atoms. The first-order chi connectivity index (χ1) is 11.3. The summed E-state index contributed by atoms with van der Waals surface area (Å²) in [5.74, 6) is 4.41. The lowest BCUT2D eigenvalue weighted by Gasteiger charge is -2.16. The van der Waals surface area contributed by atoms with Crippen molar-refractivity contribution >= 4 is 5.78 Å². The first kappa shape index (κ1) is 18.6. The van der Waals surface area contributed by atoms with Crippen molar-refractivity contribution < 1.29 is 13.6 Å². The van der Waals surface area contributed by atoms with Gasteiger partial charge in [0.25, 0.3) is 0 Å². The van der Waals surface area contributed by atoms with Crippen molar-refractivity contribution in [1.29, 1.82) is 0 Å². The van der Waals surface area contributed by atoms with Crippen LogP contribution in [0.5, 0.6) is 0 Å². The van der Waals surface area contributed by atoms with E-state index in [1.54, 1.807) is 0 Å². The fraction of sp³-hybridized carbons (Fsp3) is 0.571. The zero-order chi connectivity index (χ0) is 17.9. The molecule has 0 amide bonds. The SMILES string of the molecule is CCC(CC(=O)CC(CC)c1oc(C)cc1C)c1oc(C)cc1C. The highest BCUT2D eigenvalue weighted by molar-refractivity contribution is 5.80. The van der Waals surface area contributed by atoms with E-state index in [1.165, 1.54) is 0 Å². The Hall–Kier alpha value is -1.77. The zero-order valence-corrected chi connectivity index (χ0v) is 15.9. The Kier molecular flexibility index (Phi) is 6.09. The normalized spacial score (nSPS) is 13.9. The summed E-state index contributed by atoms with van der Waals surface area (Å²) >= 11 is 0. The lowest BCUT2D eigenvalue weighted by atomic mass is 9.88. The van der Waals surface area contributed by atoms with Crippen LogP contribution in [0.2, 0.25) is 0 Å². The third kappa shape index (κ3) is 4.19. The molecule has 0 aliphatic carbocycles. The standard InChI is InChI=1S/C21H30O3/c1-7-17(20-13(3)9-15(5)23-20)11-19(22)12-18(8-2)21-14(4)10-16(6)24-21/h9-10,17-18H,7-8,11-12H2,1-6H3. The third-order valence-corrected chi connectivity index (χ3v) is 4.83. The number of hydrogen-bond acceptors (Lipinski definition) is 3. The van der Waals surface area contributed by atoms with Gasteiger partial charge in [0.05, 0.1) is 0 Å². The largest absolute Gasteiger partial charge is 0.466 e. The van der Waals surface area contributed by atoms with E-state index in [9.17, 15) is 4.79 Å². The first-order valence-corrected chi connectivity index (χ1v) is 9.01. The lowest BCUT2D eigenvalue weighted by molar-refractivity contribution is -0.120. The molecule has 2 aromatic heterocycles. The maximum Gasteiger partial charge on any atom is 0.134 e. The van der Waals surface area contributed by atoms with Gasteiger partial charge in [0.2, 0.25) is 0 Å². The van der Waals surface area contributed by atoms with Crippen molar-refractivity contribution in [3.05, 3.63) is 46.3 Å². The minimum absolute atomic E-state index is 0.170. The second-order valence-electron chi connectivity index (χ2n) is 6.97. The fourth-order valence-electron chi connectivity index (χ4n) is 3.61. The molecule has 0 aromatic carbocycles. The molecule has 2 aromatic rings. The summed E-state index contributed by atoms with van der Waals surface area (Å²) in [7, 11) is 0. The minimum atomic E-state index is 0.170. The molecule has 0 aliphatic heterocycles. The summed E-state index contributed by atoms with van der Waals surface area (Å²) in [6, 6.07) is 4.10. The van der Waals surface area contributed by atoms with Crippen LogP contribution in [0, 0.1) is 27.7 Å². The van der Waals surface area contributed by atoms with Gasteiger partial charge in [0.1, 0.15) is 28.8 Å². The van der Waals surface area contributed by atoms with Gasteiger partial charge in [-0.15, -0.1) is 0 Å². The van der Waals surface area contributed by atoms with Crippen LogP contribution in [0.15, 0.2) is 21.0 Å². The molecule has 0 bridgehead atoms. The van der Waals surface area contributed by atoms with Gasteiger partial charge in [-0.2, -0.15) is 0 Å². The van der Waals surface area contributed by atoms with Gasteiger partial charge >= 0.3 is 0 Å². The molecule has 2 atom stereocenters. The average Bonchev–Trinajstić information content (AvgIpc) is 3.03.